The van der Waals surface area contributed by atoms with Crippen LogP contribution in [0.3, 0.4) is 0 Å². The van der Waals surface area contributed by atoms with Crippen molar-refractivity contribution in [3.63, 3.8) is 0 Å². The van der Waals surface area contributed by atoms with Gasteiger partial charge in [-0.25, -0.2) is 4.98 Å². The van der Waals surface area contributed by atoms with Gasteiger partial charge in [-0.05, 0) is 12.1 Å². The lowest BCUT2D eigenvalue weighted by Gasteiger charge is -2.13. The lowest BCUT2D eigenvalue weighted by atomic mass is 10.3. The molecule has 0 aromatic carbocycles. The van der Waals surface area contributed by atoms with Gasteiger partial charge in [-0.3, -0.25) is 5.41 Å². The monoisotopic (exact) mass is 204 g/mol. The molecule has 0 saturated heterocycles. The minimum absolute atomic E-state index is 0.0173. The normalized spacial score (nSPS) is 11.5. The number of hydrogen-bond donors (Lipinski definition) is 4. The number of aromatic nitrogens is 1. The van der Waals surface area contributed by atoms with Crippen molar-refractivity contribution < 1.29 is 0 Å². The van der Waals surface area contributed by atoms with Gasteiger partial charge in [-0.2, -0.15) is 5.26 Å². The molecule has 0 aliphatic rings. The second-order valence-corrected chi connectivity index (χ2v) is 3.02. The molecule has 15 heavy (non-hydrogen) atoms. The van der Waals surface area contributed by atoms with Crippen molar-refractivity contribution in [1.82, 2.24) is 4.98 Å². The zero-order chi connectivity index (χ0) is 11.3. The number of anilines is 1. The fourth-order valence-corrected chi connectivity index (χ4v) is 1.02. The molecule has 1 aromatic rings. The van der Waals surface area contributed by atoms with Gasteiger partial charge in [0.15, 0.2) is 0 Å². The summed E-state index contributed by atoms with van der Waals surface area (Å²) in [6.07, 6.45) is 1.26. The number of hydrogen-bond acceptors (Lipinski definition) is 5. The van der Waals surface area contributed by atoms with Crippen molar-refractivity contribution in [3.05, 3.63) is 23.9 Å². The molecule has 0 fully saturated rings. The highest BCUT2D eigenvalue weighted by Gasteiger charge is 2.04. The Balaban J connectivity index is 2.58. The minimum atomic E-state index is -0.442. The predicted octanol–water partition coefficient (Wildman–Crippen LogP) is -0.0240. The summed E-state index contributed by atoms with van der Waals surface area (Å²) in [5, 5.41) is 18.5. The Morgan fingerprint density at radius 1 is 1.67 bits per heavy atom. The second kappa shape index (κ2) is 4.93. The Morgan fingerprint density at radius 2 is 2.40 bits per heavy atom. The molecule has 1 aromatic heterocycles. The van der Waals surface area contributed by atoms with E-state index in [1.54, 1.807) is 12.1 Å². The number of pyridine rings is 1. The molecular weight excluding hydrogens is 192 g/mol. The average molecular weight is 204 g/mol. The number of rotatable bonds is 4. The SMILES string of the molecule is N#Cc1ccc(NC(N)CC(=N)N)nc1. The fraction of sp³-hybridized carbons (Fsp3) is 0.222. The molecule has 0 aliphatic heterocycles. The largest absolute Gasteiger partial charge is 0.388 e. The number of nitrogens with zero attached hydrogens (tertiary/aromatic N) is 2. The van der Waals surface area contributed by atoms with Gasteiger partial charge in [-0.1, -0.05) is 0 Å². The first-order valence-electron chi connectivity index (χ1n) is 4.33. The highest BCUT2D eigenvalue weighted by Crippen LogP contribution is 2.05. The average Bonchev–Trinajstić information content (AvgIpc) is 2.17. The maximum Gasteiger partial charge on any atom is 0.127 e. The summed E-state index contributed by atoms with van der Waals surface area (Å²) >= 11 is 0. The number of nitriles is 1. The van der Waals surface area contributed by atoms with Crippen LogP contribution < -0.4 is 16.8 Å². The smallest absolute Gasteiger partial charge is 0.127 e. The van der Waals surface area contributed by atoms with Crippen LogP contribution in [-0.4, -0.2) is 17.0 Å². The Morgan fingerprint density at radius 3 is 2.87 bits per heavy atom. The summed E-state index contributed by atoms with van der Waals surface area (Å²) in [4.78, 5) is 3.97. The third-order valence-electron chi connectivity index (χ3n) is 1.67. The molecule has 0 saturated carbocycles. The van der Waals surface area contributed by atoms with E-state index in [0.717, 1.165) is 0 Å². The molecule has 6 nitrogen and oxygen atoms in total. The Hall–Kier alpha value is -2.13. The summed E-state index contributed by atoms with van der Waals surface area (Å²) in [5.41, 5.74) is 11.3. The molecular formula is C9H12N6. The van der Waals surface area contributed by atoms with Crippen LogP contribution in [0.15, 0.2) is 18.3 Å². The fourth-order valence-electron chi connectivity index (χ4n) is 1.02. The molecule has 0 bridgehead atoms. The van der Waals surface area contributed by atoms with E-state index in [2.05, 4.69) is 10.3 Å². The van der Waals surface area contributed by atoms with E-state index in [1.807, 2.05) is 6.07 Å². The molecule has 1 unspecified atom stereocenters. The van der Waals surface area contributed by atoms with Crippen molar-refractivity contribution in [1.29, 1.82) is 10.7 Å². The van der Waals surface area contributed by atoms with Crippen LogP contribution in [0.1, 0.15) is 12.0 Å². The Labute approximate surface area is 87.4 Å². The highest BCUT2D eigenvalue weighted by molar-refractivity contribution is 5.77. The van der Waals surface area contributed by atoms with Gasteiger partial charge in [0.1, 0.15) is 11.9 Å². The van der Waals surface area contributed by atoms with E-state index in [-0.39, 0.29) is 12.3 Å². The summed E-state index contributed by atoms with van der Waals surface area (Å²) in [6.45, 7) is 0. The van der Waals surface area contributed by atoms with Gasteiger partial charge in [0.2, 0.25) is 0 Å². The van der Waals surface area contributed by atoms with Crippen molar-refractivity contribution in [2.75, 3.05) is 5.32 Å². The van der Waals surface area contributed by atoms with Crippen molar-refractivity contribution in [3.8, 4) is 6.07 Å². The van der Waals surface area contributed by atoms with E-state index in [4.69, 9.17) is 22.1 Å². The molecule has 1 heterocycles. The van der Waals surface area contributed by atoms with Crippen LogP contribution in [-0.2, 0) is 0 Å². The molecule has 1 atom stereocenters. The molecule has 1 rings (SSSR count). The third-order valence-corrected chi connectivity index (χ3v) is 1.67. The van der Waals surface area contributed by atoms with Gasteiger partial charge in [0.05, 0.1) is 17.6 Å². The molecule has 0 radical (unpaired) electrons. The maximum atomic E-state index is 8.55. The van der Waals surface area contributed by atoms with Crippen LogP contribution >= 0.6 is 0 Å². The zero-order valence-corrected chi connectivity index (χ0v) is 8.07. The zero-order valence-electron chi connectivity index (χ0n) is 8.07. The third kappa shape index (κ3) is 3.62. The first-order chi connectivity index (χ1) is 7.11. The lowest BCUT2D eigenvalue weighted by molar-refractivity contribution is 0.783. The first-order valence-corrected chi connectivity index (χ1v) is 4.33. The van der Waals surface area contributed by atoms with E-state index < -0.39 is 6.17 Å². The molecule has 0 amide bonds. The molecule has 6 heteroatoms. The summed E-state index contributed by atoms with van der Waals surface area (Å²) in [6, 6.07) is 5.25. The predicted molar refractivity (Wildman–Crippen MR) is 57.1 cm³/mol. The molecule has 0 aliphatic carbocycles. The quantitative estimate of drug-likeness (QED) is 0.311. The molecule has 78 valence electrons. The van der Waals surface area contributed by atoms with Crippen LogP contribution in [0.25, 0.3) is 0 Å². The van der Waals surface area contributed by atoms with Crippen LogP contribution in [0.5, 0.6) is 0 Å². The van der Waals surface area contributed by atoms with Gasteiger partial charge in [0, 0.05) is 12.6 Å². The van der Waals surface area contributed by atoms with Crippen LogP contribution in [0.4, 0.5) is 5.82 Å². The number of amidine groups is 1. The van der Waals surface area contributed by atoms with Gasteiger partial charge in [0.25, 0.3) is 0 Å². The Bertz CT molecular complexity index is 377. The van der Waals surface area contributed by atoms with E-state index >= 15 is 0 Å². The first kappa shape index (κ1) is 10.9. The van der Waals surface area contributed by atoms with E-state index in [9.17, 15) is 0 Å². The standard InChI is InChI=1S/C9H12N6/c10-4-6-1-2-9(14-5-6)15-8(13)3-7(11)12/h1-2,5,8H,3,13H2,(H3,11,12)(H,14,15). The summed E-state index contributed by atoms with van der Waals surface area (Å²) in [5.74, 6) is 0.575. The van der Waals surface area contributed by atoms with Crippen molar-refractivity contribution in [2.45, 2.75) is 12.6 Å². The van der Waals surface area contributed by atoms with Crippen molar-refractivity contribution in [2.24, 2.45) is 11.5 Å². The van der Waals surface area contributed by atoms with Crippen LogP contribution in [0, 0.1) is 16.7 Å². The summed E-state index contributed by atoms with van der Waals surface area (Å²) < 4.78 is 0. The van der Waals surface area contributed by atoms with Crippen molar-refractivity contribution >= 4 is 11.7 Å². The maximum absolute atomic E-state index is 8.55. The number of nitrogens with two attached hydrogens (primary N) is 2. The van der Waals surface area contributed by atoms with E-state index in [1.165, 1.54) is 6.20 Å². The van der Waals surface area contributed by atoms with Gasteiger partial charge in [-0.15, -0.1) is 0 Å². The number of nitrogens with one attached hydrogen (secondary N) is 2. The molecule has 0 spiro atoms. The minimum Gasteiger partial charge on any atom is -0.388 e. The lowest BCUT2D eigenvalue weighted by Crippen LogP contribution is -2.34. The van der Waals surface area contributed by atoms with Crippen LogP contribution in [0.2, 0.25) is 0 Å². The second-order valence-electron chi connectivity index (χ2n) is 3.02. The highest BCUT2D eigenvalue weighted by atomic mass is 15.1. The van der Waals surface area contributed by atoms with E-state index in [0.29, 0.717) is 11.4 Å². The topological polar surface area (TPSA) is 125 Å². The molecule has 6 N–H and O–H groups in total. The Kier molecular flexibility index (Phi) is 3.60. The van der Waals surface area contributed by atoms with Gasteiger partial charge < -0.3 is 16.8 Å². The summed E-state index contributed by atoms with van der Waals surface area (Å²) in [7, 11) is 0. The van der Waals surface area contributed by atoms with Gasteiger partial charge >= 0.3 is 0 Å².